The third-order valence-corrected chi connectivity index (χ3v) is 3.86. The molecule has 0 radical (unpaired) electrons. The van der Waals surface area contributed by atoms with E-state index in [1.165, 1.54) is 0 Å². The van der Waals surface area contributed by atoms with Gasteiger partial charge in [-0.1, -0.05) is 0 Å². The first-order chi connectivity index (χ1) is 6.96. The molecule has 5 heteroatoms. The van der Waals surface area contributed by atoms with Crippen molar-refractivity contribution in [1.29, 1.82) is 0 Å². The Hall–Kier alpha value is -0.670. The van der Waals surface area contributed by atoms with Crippen molar-refractivity contribution in [1.82, 2.24) is 5.32 Å². The van der Waals surface area contributed by atoms with Crippen molar-refractivity contribution in [2.45, 2.75) is 24.2 Å². The summed E-state index contributed by atoms with van der Waals surface area (Å²) in [7, 11) is 0. The van der Waals surface area contributed by atoms with Crippen LogP contribution in [0.25, 0.3) is 0 Å². The fourth-order valence-electron chi connectivity index (χ4n) is 1.42. The lowest BCUT2D eigenvalue weighted by atomic mass is 10.1. The van der Waals surface area contributed by atoms with Crippen molar-refractivity contribution in [3.05, 3.63) is 24.2 Å². The molecule has 0 spiro atoms. The van der Waals surface area contributed by atoms with E-state index in [0.717, 1.165) is 0 Å². The molecular formula is C10H11Cl2NO2. The van der Waals surface area contributed by atoms with E-state index in [0.29, 0.717) is 18.7 Å². The Kier molecular flexibility index (Phi) is 2.47. The number of furan rings is 1. The van der Waals surface area contributed by atoms with Gasteiger partial charge in [0.2, 0.25) is 5.91 Å². The molecule has 1 aromatic rings. The number of carbonyl (C=O) groups excluding carboxylic acids is 1. The summed E-state index contributed by atoms with van der Waals surface area (Å²) in [5.41, 5.74) is -0.664. The Bertz CT molecular complexity index is 375. The van der Waals surface area contributed by atoms with Gasteiger partial charge < -0.3 is 9.73 Å². The Labute approximate surface area is 97.7 Å². The first kappa shape index (κ1) is 10.8. The van der Waals surface area contributed by atoms with Gasteiger partial charge in [-0.2, -0.15) is 0 Å². The van der Waals surface area contributed by atoms with Crippen LogP contribution in [0.4, 0.5) is 0 Å². The normalized spacial score (nSPS) is 27.4. The first-order valence-corrected chi connectivity index (χ1v) is 5.40. The average Bonchev–Trinajstić information content (AvgIpc) is 2.57. The topological polar surface area (TPSA) is 42.2 Å². The fourth-order valence-corrected chi connectivity index (χ4v) is 2.13. The lowest BCUT2D eigenvalue weighted by molar-refractivity contribution is -0.126. The Balaban J connectivity index is 1.89. The molecule has 1 saturated carbocycles. The van der Waals surface area contributed by atoms with Crippen LogP contribution in [0.2, 0.25) is 0 Å². The van der Waals surface area contributed by atoms with Crippen LogP contribution in [0, 0.1) is 5.41 Å². The maximum absolute atomic E-state index is 11.7. The van der Waals surface area contributed by atoms with Crippen LogP contribution in [0.3, 0.4) is 0 Å². The summed E-state index contributed by atoms with van der Waals surface area (Å²) >= 11 is 11.8. The van der Waals surface area contributed by atoms with Gasteiger partial charge in [0.05, 0.1) is 18.2 Å². The summed E-state index contributed by atoms with van der Waals surface area (Å²) in [5.74, 6) is 0.575. The Morgan fingerprint density at radius 2 is 2.33 bits per heavy atom. The van der Waals surface area contributed by atoms with Crippen LogP contribution in [0.15, 0.2) is 22.8 Å². The molecule has 1 atom stereocenters. The number of amides is 1. The third kappa shape index (κ3) is 1.86. The van der Waals surface area contributed by atoms with E-state index < -0.39 is 9.75 Å². The zero-order chi connectivity index (χ0) is 11.1. The number of hydrogen-bond acceptors (Lipinski definition) is 2. The van der Waals surface area contributed by atoms with Crippen molar-refractivity contribution < 1.29 is 9.21 Å². The van der Waals surface area contributed by atoms with E-state index in [9.17, 15) is 4.79 Å². The molecule has 1 aromatic heterocycles. The second-order valence-corrected chi connectivity index (χ2v) is 5.46. The summed E-state index contributed by atoms with van der Waals surface area (Å²) in [5, 5.41) is 2.74. The van der Waals surface area contributed by atoms with Crippen molar-refractivity contribution in [2.24, 2.45) is 5.41 Å². The highest BCUT2D eigenvalue weighted by atomic mass is 35.5. The molecule has 3 nitrogen and oxygen atoms in total. The molecule has 1 N–H and O–H groups in total. The van der Waals surface area contributed by atoms with Crippen LogP contribution in [-0.2, 0) is 11.3 Å². The van der Waals surface area contributed by atoms with E-state index >= 15 is 0 Å². The fraction of sp³-hybridized carbons (Fsp3) is 0.500. The van der Waals surface area contributed by atoms with Crippen LogP contribution in [0.1, 0.15) is 19.1 Å². The monoisotopic (exact) mass is 247 g/mol. The second kappa shape index (κ2) is 3.42. The average molecular weight is 248 g/mol. The zero-order valence-corrected chi connectivity index (χ0v) is 9.73. The van der Waals surface area contributed by atoms with Crippen LogP contribution >= 0.6 is 23.2 Å². The van der Waals surface area contributed by atoms with E-state index in [1.54, 1.807) is 25.3 Å². The lowest BCUT2D eigenvalue weighted by Crippen LogP contribution is -2.32. The molecule has 2 rings (SSSR count). The molecule has 1 heterocycles. The molecule has 0 bridgehead atoms. The van der Waals surface area contributed by atoms with E-state index in [1.807, 2.05) is 0 Å². The molecule has 1 aliphatic rings. The number of carbonyl (C=O) groups is 1. The summed E-state index contributed by atoms with van der Waals surface area (Å²) < 4.78 is 4.17. The number of nitrogens with one attached hydrogen (secondary N) is 1. The smallest absolute Gasteiger partial charge is 0.229 e. The molecule has 0 unspecified atom stereocenters. The molecule has 1 fully saturated rings. The van der Waals surface area contributed by atoms with Gasteiger partial charge >= 0.3 is 0 Å². The lowest BCUT2D eigenvalue weighted by Gasteiger charge is -2.11. The standard InChI is InChI=1S/C10H11Cl2NO2/c1-9(6-10(9,11)12)8(14)13-5-7-3-2-4-15-7/h2-4H,5-6H2,1H3,(H,13,14)/t9-/m1/s1. The molecular weight excluding hydrogens is 237 g/mol. The Morgan fingerprint density at radius 1 is 1.67 bits per heavy atom. The SMILES string of the molecule is C[C@]1(C(=O)NCc2ccco2)CC1(Cl)Cl. The number of alkyl halides is 2. The summed E-state index contributed by atoms with van der Waals surface area (Å²) in [4.78, 5) is 11.7. The predicted molar refractivity (Wildman–Crippen MR) is 57.7 cm³/mol. The summed E-state index contributed by atoms with van der Waals surface area (Å²) in [6.07, 6.45) is 2.06. The van der Waals surface area contributed by atoms with Gasteiger partial charge in [0.25, 0.3) is 0 Å². The van der Waals surface area contributed by atoms with Crippen LogP contribution < -0.4 is 5.32 Å². The molecule has 0 saturated heterocycles. The minimum atomic E-state index is -0.916. The van der Waals surface area contributed by atoms with E-state index in [4.69, 9.17) is 27.6 Å². The minimum Gasteiger partial charge on any atom is -0.467 e. The molecule has 0 aliphatic heterocycles. The highest BCUT2D eigenvalue weighted by molar-refractivity contribution is 6.53. The van der Waals surface area contributed by atoms with Crippen LogP contribution in [0.5, 0.6) is 0 Å². The van der Waals surface area contributed by atoms with Crippen molar-refractivity contribution in [3.63, 3.8) is 0 Å². The predicted octanol–water partition coefficient (Wildman–Crippen LogP) is 2.48. The van der Waals surface area contributed by atoms with Gasteiger partial charge in [0.15, 0.2) is 0 Å². The molecule has 1 aliphatic carbocycles. The van der Waals surface area contributed by atoms with Crippen molar-refractivity contribution >= 4 is 29.1 Å². The number of rotatable bonds is 3. The highest BCUT2D eigenvalue weighted by Gasteiger charge is 2.67. The van der Waals surface area contributed by atoms with E-state index in [-0.39, 0.29) is 5.91 Å². The largest absolute Gasteiger partial charge is 0.467 e. The highest BCUT2D eigenvalue weighted by Crippen LogP contribution is 2.63. The molecule has 15 heavy (non-hydrogen) atoms. The summed E-state index contributed by atoms with van der Waals surface area (Å²) in [6, 6.07) is 3.57. The van der Waals surface area contributed by atoms with Crippen molar-refractivity contribution in [3.8, 4) is 0 Å². The third-order valence-electron chi connectivity index (χ3n) is 2.76. The van der Waals surface area contributed by atoms with Gasteiger partial charge in [-0.25, -0.2) is 0 Å². The van der Waals surface area contributed by atoms with Crippen molar-refractivity contribution in [2.75, 3.05) is 0 Å². The molecule has 82 valence electrons. The first-order valence-electron chi connectivity index (χ1n) is 4.64. The minimum absolute atomic E-state index is 0.135. The summed E-state index contributed by atoms with van der Waals surface area (Å²) in [6.45, 7) is 2.12. The van der Waals surface area contributed by atoms with Gasteiger partial charge in [0, 0.05) is 0 Å². The van der Waals surface area contributed by atoms with Gasteiger partial charge in [-0.3, -0.25) is 4.79 Å². The molecule has 1 amide bonds. The van der Waals surface area contributed by atoms with Gasteiger partial charge in [-0.15, -0.1) is 23.2 Å². The van der Waals surface area contributed by atoms with E-state index in [2.05, 4.69) is 5.32 Å². The second-order valence-electron chi connectivity index (χ2n) is 3.98. The number of halogens is 2. The maximum atomic E-state index is 11.7. The zero-order valence-electron chi connectivity index (χ0n) is 8.22. The quantitative estimate of drug-likeness (QED) is 0.835. The Morgan fingerprint density at radius 3 is 2.80 bits per heavy atom. The van der Waals surface area contributed by atoms with Crippen LogP contribution in [-0.4, -0.2) is 10.2 Å². The van der Waals surface area contributed by atoms with Gasteiger partial charge in [0.1, 0.15) is 10.1 Å². The number of hydrogen-bond donors (Lipinski definition) is 1. The molecule has 0 aromatic carbocycles. The van der Waals surface area contributed by atoms with Gasteiger partial charge in [-0.05, 0) is 25.5 Å². The maximum Gasteiger partial charge on any atom is 0.229 e.